The van der Waals surface area contributed by atoms with E-state index in [0.717, 1.165) is 24.2 Å². The van der Waals surface area contributed by atoms with E-state index in [9.17, 15) is 9.59 Å². The first-order chi connectivity index (χ1) is 11.2. The third kappa shape index (κ3) is 4.06. The molecule has 1 aromatic rings. The summed E-state index contributed by atoms with van der Waals surface area (Å²) >= 11 is 0. The van der Waals surface area contributed by atoms with Crippen molar-refractivity contribution in [2.24, 2.45) is 0 Å². The van der Waals surface area contributed by atoms with Crippen LogP contribution in [0.5, 0.6) is 11.5 Å². The molecule has 2 aliphatic heterocycles. The van der Waals surface area contributed by atoms with Crippen LogP contribution in [0.3, 0.4) is 0 Å². The largest absolute Gasteiger partial charge is 0.486 e. The summed E-state index contributed by atoms with van der Waals surface area (Å²) in [5.41, 5.74) is 0.912. The fraction of sp³-hybridized carbons (Fsp3) is 0.500. The van der Waals surface area contributed by atoms with E-state index in [2.05, 4.69) is 16.0 Å². The number of amides is 3. The average Bonchev–Trinajstić information content (AvgIpc) is 2.77. The van der Waals surface area contributed by atoms with Gasteiger partial charge in [-0.1, -0.05) is 6.07 Å². The smallest absolute Gasteiger partial charge is 0.315 e. The highest BCUT2D eigenvalue weighted by Crippen LogP contribution is 2.30. The molecule has 0 saturated carbocycles. The summed E-state index contributed by atoms with van der Waals surface area (Å²) in [7, 11) is 0. The molecule has 0 bridgehead atoms. The van der Waals surface area contributed by atoms with Crippen molar-refractivity contribution >= 4 is 11.9 Å². The van der Waals surface area contributed by atoms with E-state index in [4.69, 9.17) is 9.47 Å². The van der Waals surface area contributed by atoms with Crippen molar-refractivity contribution in [2.75, 3.05) is 19.8 Å². The first-order valence-corrected chi connectivity index (χ1v) is 7.93. The molecule has 2 aliphatic rings. The Labute approximate surface area is 134 Å². The third-order valence-corrected chi connectivity index (χ3v) is 3.90. The lowest BCUT2D eigenvalue weighted by Crippen LogP contribution is -2.48. The van der Waals surface area contributed by atoms with Crippen LogP contribution >= 0.6 is 0 Å². The van der Waals surface area contributed by atoms with Crippen molar-refractivity contribution in [2.45, 2.75) is 31.8 Å². The van der Waals surface area contributed by atoms with Gasteiger partial charge < -0.3 is 25.4 Å². The third-order valence-electron chi connectivity index (χ3n) is 3.90. The number of fused-ring (bicyclic) bond motifs is 1. The van der Waals surface area contributed by atoms with Gasteiger partial charge in [0.25, 0.3) is 0 Å². The minimum Gasteiger partial charge on any atom is -0.486 e. The normalized spacial score (nSPS) is 20.2. The molecule has 0 unspecified atom stereocenters. The van der Waals surface area contributed by atoms with Crippen molar-refractivity contribution < 1.29 is 19.1 Å². The van der Waals surface area contributed by atoms with E-state index in [-0.39, 0.29) is 11.9 Å². The Hall–Kier alpha value is -2.44. The van der Waals surface area contributed by atoms with Crippen LogP contribution in [-0.4, -0.2) is 37.7 Å². The minimum absolute atomic E-state index is 0.114. The molecule has 1 atom stereocenters. The van der Waals surface area contributed by atoms with E-state index in [0.29, 0.717) is 38.5 Å². The lowest BCUT2D eigenvalue weighted by Gasteiger charge is -2.19. The monoisotopic (exact) mass is 319 g/mol. The maximum absolute atomic E-state index is 12.0. The summed E-state index contributed by atoms with van der Waals surface area (Å²) in [6.45, 7) is 2.12. The molecule has 23 heavy (non-hydrogen) atoms. The molecule has 3 rings (SSSR count). The van der Waals surface area contributed by atoms with Crippen molar-refractivity contribution in [3.05, 3.63) is 23.8 Å². The topological polar surface area (TPSA) is 88.7 Å². The highest BCUT2D eigenvalue weighted by Gasteiger charge is 2.22. The predicted molar refractivity (Wildman–Crippen MR) is 83.5 cm³/mol. The van der Waals surface area contributed by atoms with Crippen molar-refractivity contribution in [3.8, 4) is 11.5 Å². The molecule has 3 amide bonds. The van der Waals surface area contributed by atoms with Crippen molar-refractivity contribution in [1.82, 2.24) is 16.0 Å². The Morgan fingerprint density at radius 3 is 2.91 bits per heavy atom. The number of rotatable bonds is 3. The van der Waals surface area contributed by atoms with Gasteiger partial charge in [-0.2, -0.15) is 0 Å². The Balaban J connectivity index is 1.51. The second-order valence-electron chi connectivity index (χ2n) is 5.64. The van der Waals surface area contributed by atoms with E-state index in [1.54, 1.807) is 0 Å². The summed E-state index contributed by atoms with van der Waals surface area (Å²) in [6, 6.07) is 4.77. The molecular formula is C16H21N3O4. The lowest BCUT2D eigenvalue weighted by molar-refractivity contribution is -0.122. The van der Waals surface area contributed by atoms with Crippen LogP contribution in [0, 0.1) is 0 Å². The zero-order chi connectivity index (χ0) is 16.1. The number of hydrogen-bond acceptors (Lipinski definition) is 4. The van der Waals surface area contributed by atoms with Crippen LogP contribution in [0.15, 0.2) is 18.2 Å². The Morgan fingerprint density at radius 2 is 2.04 bits per heavy atom. The van der Waals surface area contributed by atoms with Gasteiger partial charge in [-0.15, -0.1) is 0 Å². The molecule has 1 aromatic carbocycles. The van der Waals surface area contributed by atoms with E-state index < -0.39 is 6.04 Å². The summed E-state index contributed by atoms with van der Waals surface area (Å²) in [4.78, 5) is 23.8. The zero-order valence-electron chi connectivity index (χ0n) is 12.9. The molecule has 0 aromatic heterocycles. The molecule has 0 radical (unpaired) electrons. The molecule has 1 fully saturated rings. The minimum atomic E-state index is -0.460. The molecule has 0 aliphatic carbocycles. The highest BCUT2D eigenvalue weighted by atomic mass is 16.6. The fourth-order valence-electron chi connectivity index (χ4n) is 2.67. The van der Waals surface area contributed by atoms with Gasteiger partial charge in [-0.25, -0.2) is 4.79 Å². The van der Waals surface area contributed by atoms with Gasteiger partial charge in [-0.3, -0.25) is 4.79 Å². The Bertz CT molecular complexity index is 591. The molecule has 1 saturated heterocycles. The Morgan fingerprint density at radius 1 is 1.22 bits per heavy atom. The van der Waals surface area contributed by atoms with Crippen LogP contribution in [0.4, 0.5) is 4.79 Å². The summed E-state index contributed by atoms with van der Waals surface area (Å²) < 4.78 is 11.0. The fourth-order valence-corrected chi connectivity index (χ4v) is 2.67. The summed E-state index contributed by atoms with van der Waals surface area (Å²) in [6.07, 6.45) is 2.54. The molecule has 7 nitrogen and oxygen atoms in total. The standard InChI is InChI=1S/C16H21N3O4/c20-15-12(3-1-2-6-17-15)19-16(21)18-10-11-4-5-13-14(9-11)23-8-7-22-13/h4-5,9,12H,1-3,6-8,10H2,(H,17,20)(H2,18,19,21)/t12-/m1/s1. The second kappa shape index (κ2) is 7.21. The molecular weight excluding hydrogens is 298 g/mol. The van der Waals surface area contributed by atoms with Gasteiger partial charge >= 0.3 is 6.03 Å². The first-order valence-electron chi connectivity index (χ1n) is 7.93. The van der Waals surface area contributed by atoms with Gasteiger partial charge in [0.15, 0.2) is 11.5 Å². The van der Waals surface area contributed by atoms with E-state index in [1.165, 1.54) is 0 Å². The number of urea groups is 1. The van der Waals surface area contributed by atoms with Gasteiger partial charge in [-0.05, 0) is 37.0 Å². The molecule has 0 spiro atoms. The second-order valence-corrected chi connectivity index (χ2v) is 5.64. The van der Waals surface area contributed by atoms with Crippen LogP contribution in [-0.2, 0) is 11.3 Å². The maximum Gasteiger partial charge on any atom is 0.315 e. The van der Waals surface area contributed by atoms with Crippen LogP contribution < -0.4 is 25.4 Å². The van der Waals surface area contributed by atoms with E-state index >= 15 is 0 Å². The first kappa shape index (κ1) is 15.5. The van der Waals surface area contributed by atoms with Gasteiger partial charge in [0.05, 0.1) is 0 Å². The molecule has 124 valence electrons. The number of hydrogen-bond donors (Lipinski definition) is 3. The maximum atomic E-state index is 12.0. The predicted octanol–water partition coefficient (Wildman–Crippen LogP) is 0.926. The van der Waals surface area contributed by atoms with Crippen molar-refractivity contribution in [3.63, 3.8) is 0 Å². The SMILES string of the molecule is O=C(NCc1ccc2c(c1)OCCO2)N[C@@H]1CCCCNC1=O. The average molecular weight is 319 g/mol. The number of carbonyl (C=O) groups is 2. The number of ether oxygens (including phenoxy) is 2. The Kier molecular flexibility index (Phi) is 4.85. The van der Waals surface area contributed by atoms with Crippen LogP contribution in [0.2, 0.25) is 0 Å². The molecule has 3 N–H and O–H groups in total. The summed E-state index contributed by atoms with van der Waals surface area (Å²) in [5, 5.41) is 8.29. The van der Waals surface area contributed by atoms with Gasteiger partial charge in [0.1, 0.15) is 19.3 Å². The number of nitrogens with one attached hydrogen (secondary N) is 3. The molecule has 2 heterocycles. The van der Waals surface area contributed by atoms with E-state index in [1.807, 2.05) is 18.2 Å². The van der Waals surface area contributed by atoms with Gasteiger partial charge in [0, 0.05) is 13.1 Å². The zero-order valence-corrected chi connectivity index (χ0v) is 12.9. The quantitative estimate of drug-likeness (QED) is 0.773. The van der Waals surface area contributed by atoms with Crippen LogP contribution in [0.1, 0.15) is 24.8 Å². The lowest BCUT2D eigenvalue weighted by atomic mass is 10.1. The van der Waals surface area contributed by atoms with Crippen LogP contribution in [0.25, 0.3) is 0 Å². The number of carbonyl (C=O) groups excluding carboxylic acids is 2. The van der Waals surface area contributed by atoms with Gasteiger partial charge in [0.2, 0.25) is 5.91 Å². The highest BCUT2D eigenvalue weighted by molar-refractivity contribution is 5.87. The summed E-state index contributed by atoms with van der Waals surface area (Å²) in [5.74, 6) is 1.30. The van der Waals surface area contributed by atoms with Crippen molar-refractivity contribution in [1.29, 1.82) is 0 Å². The number of benzene rings is 1. The molecule has 7 heteroatoms.